The summed E-state index contributed by atoms with van der Waals surface area (Å²) >= 11 is 0. The monoisotopic (exact) mass is 213 g/mol. The fraction of sp³-hybridized carbons (Fsp3) is 1.00. The Hall–Kier alpha value is -0.0800. The molecule has 0 aromatic heterocycles. The highest BCUT2D eigenvalue weighted by molar-refractivity contribution is 4.65. The normalized spacial score (nSPS) is 23.2. The van der Waals surface area contributed by atoms with Crippen LogP contribution in [-0.2, 0) is 4.74 Å². The molecule has 15 heavy (non-hydrogen) atoms. The smallest absolute Gasteiger partial charge is 0.0576 e. The first-order chi connectivity index (χ1) is 7.33. The van der Waals surface area contributed by atoms with Gasteiger partial charge in [0.2, 0.25) is 0 Å². The Labute approximate surface area is 94.6 Å². The molecule has 2 unspecified atom stereocenters. The van der Waals surface area contributed by atoms with Crippen LogP contribution in [0.15, 0.2) is 0 Å². The molecule has 0 aromatic rings. The maximum absolute atomic E-state index is 5.96. The molecular weight excluding hydrogens is 186 g/mol. The van der Waals surface area contributed by atoms with Crippen LogP contribution >= 0.6 is 0 Å². The average Bonchev–Trinajstić information content (AvgIpc) is 2.70. The van der Waals surface area contributed by atoms with Gasteiger partial charge in [-0.1, -0.05) is 32.6 Å². The number of hydrogen-bond acceptors (Lipinski definition) is 2. The zero-order valence-electron chi connectivity index (χ0n) is 10.2. The first kappa shape index (κ1) is 13.0. The van der Waals surface area contributed by atoms with E-state index in [1.807, 2.05) is 0 Å². The van der Waals surface area contributed by atoms with Gasteiger partial charge in [0.05, 0.1) is 6.10 Å². The van der Waals surface area contributed by atoms with Gasteiger partial charge in [0, 0.05) is 12.6 Å². The molecule has 2 heteroatoms. The Bertz CT molecular complexity index is 143. The van der Waals surface area contributed by atoms with Gasteiger partial charge in [-0.25, -0.2) is 0 Å². The van der Waals surface area contributed by atoms with Crippen molar-refractivity contribution in [3.63, 3.8) is 0 Å². The highest BCUT2D eigenvalue weighted by Gasteiger charge is 2.14. The fourth-order valence-electron chi connectivity index (χ4n) is 2.34. The largest absolute Gasteiger partial charge is 0.378 e. The Kier molecular flexibility index (Phi) is 7.03. The summed E-state index contributed by atoms with van der Waals surface area (Å²) < 4.78 is 5.59. The van der Waals surface area contributed by atoms with Crippen molar-refractivity contribution in [2.45, 2.75) is 76.9 Å². The van der Waals surface area contributed by atoms with E-state index in [1.165, 1.54) is 57.8 Å². The Morgan fingerprint density at radius 3 is 2.80 bits per heavy atom. The minimum absolute atomic E-state index is 0.442. The second-order valence-electron chi connectivity index (χ2n) is 4.82. The molecule has 0 bridgehead atoms. The molecule has 1 saturated heterocycles. The summed E-state index contributed by atoms with van der Waals surface area (Å²) in [5.74, 6) is 0. The summed E-state index contributed by atoms with van der Waals surface area (Å²) in [5, 5.41) is 0. The topological polar surface area (TPSA) is 35.2 Å². The maximum atomic E-state index is 5.96. The molecular formula is C13H27NO. The van der Waals surface area contributed by atoms with Crippen molar-refractivity contribution in [3.8, 4) is 0 Å². The van der Waals surface area contributed by atoms with Crippen LogP contribution in [0.3, 0.4) is 0 Å². The minimum atomic E-state index is 0.442. The third-order valence-electron chi connectivity index (χ3n) is 3.28. The molecule has 1 heterocycles. The SMILES string of the molecule is CCCC(N)CCCCCC1CCCO1. The van der Waals surface area contributed by atoms with Crippen molar-refractivity contribution in [3.05, 3.63) is 0 Å². The third kappa shape index (κ3) is 6.16. The number of hydrogen-bond donors (Lipinski definition) is 1. The zero-order chi connectivity index (χ0) is 10.9. The van der Waals surface area contributed by atoms with Gasteiger partial charge in [-0.15, -0.1) is 0 Å². The molecule has 1 rings (SSSR count). The zero-order valence-corrected chi connectivity index (χ0v) is 10.2. The van der Waals surface area contributed by atoms with Crippen LogP contribution in [0.25, 0.3) is 0 Å². The van der Waals surface area contributed by atoms with Gasteiger partial charge >= 0.3 is 0 Å². The Morgan fingerprint density at radius 1 is 1.27 bits per heavy atom. The van der Waals surface area contributed by atoms with Crippen molar-refractivity contribution in [1.82, 2.24) is 0 Å². The van der Waals surface area contributed by atoms with Gasteiger partial charge in [-0.05, 0) is 32.1 Å². The maximum Gasteiger partial charge on any atom is 0.0576 e. The molecule has 0 radical (unpaired) electrons. The number of nitrogens with two attached hydrogens (primary N) is 1. The summed E-state index contributed by atoms with van der Waals surface area (Å²) in [6.07, 6.45) is 12.0. The first-order valence-corrected chi connectivity index (χ1v) is 6.70. The van der Waals surface area contributed by atoms with E-state index in [1.54, 1.807) is 0 Å². The van der Waals surface area contributed by atoms with E-state index in [-0.39, 0.29) is 0 Å². The van der Waals surface area contributed by atoms with E-state index in [2.05, 4.69) is 6.92 Å². The molecule has 90 valence electrons. The van der Waals surface area contributed by atoms with E-state index < -0.39 is 0 Å². The molecule has 0 aliphatic carbocycles. The third-order valence-corrected chi connectivity index (χ3v) is 3.28. The fourth-order valence-corrected chi connectivity index (χ4v) is 2.34. The van der Waals surface area contributed by atoms with Gasteiger partial charge < -0.3 is 10.5 Å². The van der Waals surface area contributed by atoms with E-state index in [9.17, 15) is 0 Å². The van der Waals surface area contributed by atoms with Crippen molar-refractivity contribution >= 4 is 0 Å². The summed E-state index contributed by atoms with van der Waals surface area (Å²) in [7, 11) is 0. The van der Waals surface area contributed by atoms with Gasteiger partial charge in [0.25, 0.3) is 0 Å². The lowest BCUT2D eigenvalue weighted by molar-refractivity contribution is 0.102. The molecule has 2 atom stereocenters. The van der Waals surface area contributed by atoms with Crippen molar-refractivity contribution in [1.29, 1.82) is 0 Å². The molecule has 0 amide bonds. The summed E-state index contributed by atoms with van der Waals surface area (Å²) in [6, 6.07) is 0.442. The molecule has 0 spiro atoms. The minimum Gasteiger partial charge on any atom is -0.378 e. The molecule has 1 aliphatic rings. The van der Waals surface area contributed by atoms with Gasteiger partial charge in [0.15, 0.2) is 0 Å². The Morgan fingerprint density at radius 2 is 2.13 bits per heavy atom. The van der Waals surface area contributed by atoms with E-state index in [0.29, 0.717) is 12.1 Å². The number of rotatable bonds is 8. The average molecular weight is 213 g/mol. The van der Waals surface area contributed by atoms with Crippen LogP contribution in [0.4, 0.5) is 0 Å². The lowest BCUT2D eigenvalue weighted by Crippen LogP contribution is -2.19. The van der Waals surface area contributed by atoms with Crippen LogP contribution in [0.1, 0.15) is 64.7 Å². The van der Waals surface area contributed by atoms with E-state index in [0.717, 1.165) is 6.61 Å². The van der Waals surface area contributed by atoms with Crippen molar-refractivity contribution < 1.29 is 4.74 Å². The lowest BCUT2D eigenvalue weighted by Gasteiger charge is -2.11. The van der Waals surface area contributed by atoms with Crippen molar-refractivity contribution in [2.75, 3.05) is 6.61 Å². The van der Waals surface area contributed by atoms with Gasteiger partial charge in [-0.3, -0.25) is 0 Å². The van der Waals surface area contributed by atoms with Crippen LogP contribution in [-0.4, -0.2) is 18.8 Å². The molecule has 0 saturated carbocycles. The standard InChI is InChI=1S/C13H27NO/c1-2-7-12(14)8-4-3-5-9-13-10-6-11-15-13/h12-13H,2-11,14H2,1H3. The molecule has 1 fully saturated rings. The summed E-state index contributed by atoms with van der Waals surface area (Å²) in [4.78, 5) is 0. The summed E-state index contributed by atoms with van der Waals surface area (Å²) in [6.45, 7) is 3.20. The highest BCUT2D eigenvalue weighted by Crippen LogP contribution is 2.18. The van der Waals surface area contributed by atoms with Crippen LogP contribution in [0, 0.1) is 0 Å². The van der Waals surface area contributed by atoms with Crippen LogP contribution in [0.2, 0.25) is 0 Å². The number of ether oxygens (including phenoxy) is 1. The first-order valence-electron chi connectivity index (χ1n) is 6.70. The van der Waals surface area contributed by atoms with Crippen LogP contribution in [0.5, 0.6) is 0 Å². The van der Waals surface area contributed by atoms with Crippen molar-refractivity contribution in [2.24, 2.45) is 5.73 Å². The number of unbranched alkanes of at least 4 members (excludes halogenated alkanes) is 2. The highest BCUT2D eigenvalue weighted by atomic mass is 16.5. The van der Waals surface area contributed by atoms with E-state index in [4.69, 9.17) is 10.5 Å². The van der Waals surface area contributed by atoms with Crippen LogP contribution < -0.4 is 5.73 Å². The second kappa shape index (κ2) is 8.12. The predicted octanol–water partition coefficient (Wildman–Crippen LogP) is 3.24. The van der Waals surface area contributed by atoms with E-state index >= 15 is 0 Å². The quantitative estimate of drug-likeness (QED) is 0.628. The Balaban J connectivity index is 1.84. The molecule has 2 nitrogen and oxygen atoms in total. The molecule has 1 aliphatic heterocycles. The molecule has 0 aromatic carbocycles. The summed E-state index contributed by atoms with van der Waals surface area (Å²) in [5.41, 5.74) is 5.96. The van der Waals surface area contributed by atoms with Gasteiger partial charge in [0.1, 0.15) is 0 Å². The second-order valence-corrected chi connectivity index (χ2v) is 4.82. The van der Waals surface area contributed by atoms with Gasteiger partial charge in [-0.2, -0.15) is 0 Å². The predicted molar refractivity (Wildman–Crippen MR) is 64.9 cm³/mol. The lowest BCUT2D eigenvalue weighted by atomic mass is 10.0. The molecule has 2 N–H and O–H groups in total.